The molecule has 2 atom stereocenters. The number of allylic oxidation sites excluding steroid dienone is 3. The summed E-state index contributed by atoms with van der Waals surface area (Å²) in [5.41, 5.74) is 1.69. The smallest absolute Gasteiger partial charge is 0.330 e. The fourth-order valence-electron chi connectivity index (χ4n) is 2.46. The van der Waals surface area contributed by atoms with Crippen LogP contribution in [0.1, 0.15) is 45.3 Å². The highest BCUT2D eigenvalue weighted by Gasteiger charge is 2.15. The van der Waals surface area contributed by atoms with Crippen molar-refractivity contribution in [1.29, 1.82) is 0 Å². The zero-order valence-electron chi connectivity index (χ0n) is 15.9. The highest BCUT2D eigenvalue weighted by molar-refractivity contribution is 5.83. The second kappa shape index (κ2) is 12.3. The zero-order chi connectivity index (χ0) is 19.4. The number of aliphatic hydroxyl groups excluding tert-OH is 2. The van der Waals surface area contributed by atoms with Crippen LogP contribution in [0.3, 0.4) is 0 Å². The van der Waals surface area contributed by atoms with Crippen LogP contribution in [0.2, 0.25) is 0 Å². The Labute approximate surface area is 156 Å². The molecule has 0 unspecified atom stereocenters. The molecule has 0 radical (unpaired) electrons. The molecular formula is C21H30O5. The third kappa shape index (κ3) is 8.32. The Morgan fingerprint density at radius 2 is 1.96 bits per heavy atom. The maximum Gasteiger partial charge on any atom is 0.330 e. The number of hydrogen-bond acceptors (Lipinski definition) is 5. The van der Waals surface area contributed by atoms with E-state index in [-0.39, 0.29) is 25.1 Å². The van der Waals surface area contributed by atoms with Gasteiger partial charge in [0.05, 0.1) is 19.3 Å². The molecule has 0 spiro atoms. The van der Waals surface area contributed by atoms with Crippen molar-refractivity contribution in [2.45, 2.75) is 39.7 Å². The third-order valence-corrected chi connectivity index (χ3v) is 3.92. The molecule has 0 heterocycles. The fourth-order valence-corrected chi connectivity index (χ4v) is 2.46. The van der Waals surface area contributed by atoms with E-state index in [0.29, 0.717) is 12.4 Å². The largest absolute Gasteiger partial charge is 0.491 e. The van der Waals surface area contributed by atoms with Gasteiger partial charge in [0.15, 0.2) is 0 Å². The maximum absolute atomic E-state index is 11.3. The molecule has 1 rings (SSSR count). The predicted molar refractivity (Wildman–Crippen MR) is 102 cm³/mol. The summed E-state index contributed by atoms with van der Waals surface area (Å²) in [5, 5.41) is 19.2. The SMILES string of the molecule is CCOC(=O)/C=C(C)/C=C/CC[C@H](C)[C@@H](O)c1ccc(OCCO)cc1. The van der Waals surface area contributed by atoms with Gasteiger partial charge in [-0.05, 0) is 55.9 Å². The Bertz CT molecular complexity index is 589. The van der Waals surface area contributed by atoms with E-state index >= 15 is 0 Å². The van der Waals surface area contributed by atoms with Crippen molar-refractivity contribution in [2.75, 3.05) is 19.8 Å². The molecular weight excluding hydrogens is 332 g/mol. The average Bonchev–Trinajstić information content (AvgIpc) is 2.63. The average molecular weight is 362 g/mol. The van der Waals surface area contributed by atoms with Crippen molar-refractivity contribution < 1.29 is 24.5 Å². The van der Waals surface area contributed by atoms with Crippen LogP contribution in [0, 0.1) is 5.92 Å². The summed E-state index contributed by atoms with van der Waals surface area (Å²) in [7, 11) is 0. The van der Waals surface area contributed by atoms with Crippen LogP contribution in [0.15, 0.2) is 48.1 Å². The summed E-state index contributed by atoms with van der Waals surface area (Å²) in [5.74, 6) is 0.442. The van der Waals surface area contributed by atoms with Gasteiger partial charge in [-0.15, -0.1) is 0 Å². The van der Waals surface area contributed by atoms with Crippen LogP contribution in [0.5, 0.6) is 5.75 Å². The first kappa shape index (κ1) is 21.9. The monoisotopic (exact) mass is 362 g/mol. The highest BCUT2D eigenvalue weighted by Crippen LogP contribution is 2.27. The minimum Gasteiger partial charge on any atom is -0.491 e. The Hall–Kier alpha value is -2.11. The maximum atomic E-state index is 11.3. The van der Waals surface area contributed by atoms with Crippen LogP contribution in [0.25, 0.3) is 0 Å². The van der Waals surface area contributed by atoms with Gasteiger partial charge in [-0.25, -0.2) is 4.79 Å². The van der Waals surface area contributed by atoms with Gasteiger partial charge >= 0.3 is 5.97 Å². The number of carbonyl (C=O) groups is 1. The van der Waals surface area contributed by atoms with Gasteiger partial charge in [0.2, 0.25) is 0 Å². The second-order valence-electron chi connectivity index (χ2n) is 6.18. The summed E-state index contributed by atoms with van der Waals surface area (Å²) in [6.07, 6.45) is 6.45. The number of hydrogen-bond donors (Lipinski definition) is 2. The Balaban J connectivity index is 2.45. The summed E-state index contributed by atoms with van der Waals surface area (Å²) < 4.78 is 10.2. The summed E-state index contributed by atoms with van der Waals surface area (Å²) in [6.45, 7) is 6.25. The normalized spacial score (nSPS) is 14.3. The van der Waals surface area contributed by atoms with Crippen molar-refractivity contribution in [1.82, 2.24) is 0 Å². The van der Waals surface area contributed by atoms with E-state index in [1.165, 1.54) is 6.08 Å². The molecule has 26 heavy (non-hydrogen) atoms. The molecule has 0 saturated carbocycles. The molecule has 0 aliphatic rings. The topological polar surface area (TPSA) is 76.0 Å². The van der Waals surface area contributed by atoms with Crippen LogP contribution in [-0.4, -0.2) is 36.0 Å². The number of carbonyl (C=O) groups excluding carboxylic acids is 1. The fraction of sp³-hybridized carbons (Fsp3) is 0.476. The quantitative estimate of drug-likeness (QED) is 0.357. The van der Waals surface area contributed by atoms with E-state index in [0.717, 1.165) is 24.0 Å². The van der Waals surface area contributed by atoms with Gasteiger partial charge in [0.25, 0.3) is 0 Å². The van der Waals surface area contributed by atoms with E-state index < -0.39 is 6.10 Å². The van der Waals surface area contributed by atoms with Gasteiger partial charge in [0.1, 0.15) is 12.4 Å². The van der Waals surface area contributed by atoms with E-state index in [9.17, 15) is 9.90 Å². The summed E-state index contributed by atoms with van der Waals surface area (Å²) in [6, 6.07) is 7.28. The van der Waals surface area contributed by atoms with Crippen molar-refractivity contribution in [3.8, 4) is 5.75 Å². The number of esters is 1. The van der Waals surface area contributed by atoms with Gasteiger partial charge < -0.3 is 19.7 Å². The molecule has 1 aromatic carbocycles. The van der Waals surface area contributed by atoms with Crippen molar-refractivity contribution in [2.24, 2.45) is 5.92 Å². The number of benzene rings is 1. The van der Waals surface area contributed by atoms with Gasteiger partial charge in [-0.3, -0.25) is 0 Å². The lowest BCUT2D eigenvalue weighted by atomic mass is 9.93. The first-order chi connectivity index (χ1) is 12.5. The molecule has 0 aliphatic heterocycles. The number of rotatable bonds is 11. The minimum absolute atomic E-state index is 0.0244. The van der Waals surface area contributed by atoms with E-state index in [4.69, 9.17) is 14.6 Å². The van der Waals surface area contributed by atoms with E-state index in [1.807, 2.05) is 38.1 Å². The molecule has 0 saturated heterocycles. The lowest BCUT2D eigenvalue weighted by Crippen LogP contribution is -2.09. The molecule has 144 valence electrons. The predicted octanol–water partition coefficient (Wildman–Crippen LogP) is 3.57. The van der Waals surface area contributed by atoms with Crippen molar-refractivity contribution >= 4 is 5.97 Å². The highest BCUT2D eigenvalue weighted by atomic mass is 16.5. The Kier molecular flexibility index (Phi) is 10.4. The lowest BCUT2D eigenvalue weighted by Gasteiger charge is -2.19. The van der Waals surface area contributed by atoms with Crippen LogP contribution < -0.4 is 4.74 Å². The molecule has 0 bridgehead atoms. The lowest BCUT2D eigenvalue weighted by molar-refractivity contribution is -0.137. The van der Waals surface area contributed by atoms with Crippen LogP contribution in [-0.2, 0) is 9.53 Å². The van der Waals surface area contributed by atoms with Gasteiger partial charge in [-0.1, -0.05) is 31.2 Å². The summed E-state index contributed by atoms with van der Waals surface area (Å²) >= 11 is 0. The first-order valence-corrected chi connectivity index (χ1v) is 9.01. The van der Waals surface area contributed by atoms with E-state index in [1.54, 1.807) is 19.1 Å². The second-order valence-corrected chi connectivity index (χ2v) is 6.18. The first-order valence-electron chi connectivity index (χ1n) is 9.01. The molecule has 1 aromatic rings. The Morgan fingerprint density at radius 3 is 2.58 bits per heavy atom. The molecule has 0 fully saturated rings. The molecule has 0 aliphatic carbocycles. The van der Waals surface area contributed by atoms with Gasteiger partial charge in [-0.2, -0.15) is 0 Å². The molecule has 0 aromatic heterocycles. The Morgan fingerprint density at radius 1 is 1.27 bits per heavy atom. The molecule has 5 nitrogen and oxygen atoms in total. The minimum atomic E-state index is -0.550. The standard InChI is InChI=1S/C21H30O5/c1-4-25-20(23)15-16(2)7-5-6-8-17(3)21(24)18-9-11-19(12-10-18)26-14-13-22/h5,7,9-12,15,17,21-22,24H,4,6,8,13-14H2,1-3H3/b7-5+,16-15+/t17-,21+/m0/s1. The zero-order valence-corrected chi connectivity index (χ0v) is 15.9. The molecule has 0 amide bonds. The van der Waals surface area contributed by atoms with Crippen LogP contribution in [0.4, 0.5) is 0 Å². The third-order valence-electron chi connectivity index (χ3n) is 3.92. The number of ether oxygens (including phenoxy) is 2. The number of aliphatic hydroxyl groups is 2. The van der Waals surface area contributed by atoms with E-state index in [2.05, 4.69) is 0 Å². The van der Waals surface area contributed by atoms with Crippen molar-refractivity contribution in [3.05, 3.63) is 53.6 Å². The summed E-state index contributed by atoms with van der Waals surface area (Å²) in [4.78, 5) is 11.3. The van der Waals surface area contributed by atoms with Crippen LogP contribution >= 0.6 is 0 Å². The van der Waals surface area contributed by atoms with Crippen molar-refractivity contribution in [3.63, 3.8) is 0 Å². The molecule has 5 heteroatoms. The van der Waals surface area contributed by atoms with Gasteiger partial charge in [0, 0.05) is 6.08 Å². The molecule has 2 N–H and O–H groups in total.